The number of urea groups is 1. The Morgan fingerprint density at radius 2 is 1.70 bits per heavy atom. The Balaban J connectivity index is 1.25. The minimum atomic E-state index is -0.369. The van der Waals surface area contributed by atoms with Crippen LogP contribution in [0.15, 0.2) is 85.1 Å². The molecule has 1 aliphatic rings. The number of hydrogen-bond acceptors (Lipinski definition) is 4. The molecule has 8 heteroatoms. The summed E-state index contributed by atoms with van der Waals surface area (Å²) in [5.41, 5.74) is 6.46. The maximum Gasteiger partial charge on any atom is 0.324 e. The van der Waals surface area contributed by atoms with E-state index < -0.39 is 0 Å². The van der Waals surface area contributed by atoms with Gasteiger partial charge in [0.05, 0.1) is 11.4 Å². The fourth-order valence-electron chi connectivity index (χ4n) is 6.57. The third kappa shape index (κ3) is 6.77. The van der Waals surface area contributed by atoms with Crippen molar-refractivity contribution in [2.45, 2.75) is 58.3 Å². The zero-order valence-corrected chi connectivity index (χ0v) is 27.4. The van der Waals surface area contributed by atoms with Gasteiger partial charge in [-0.3, -0.25) is 10.1 Å². The second kappa shape index (κ2) is 13.0. The first-order valence-electron chi connectivity index (χ1n) is 16.2. The van der Waals surface area contributed by atoms with Gasteiger partial charge in [0.15, 0.2) is 0 Å². The SMILES string of the molecule is Cc1ccc(-n2nc(C(C)(C)C)cc2NC(=O)Nc2cccc(C(C(=O)Cc3cn(C)c4ccccc34)C3CCNCC3)c2)cc1. The van der Waals surface area contributed by atoms with Gasteiger partial charge in [-0.1, -0.05) is 68.8 Å². The van der Waals surface area contributed by atoms with E-state index in [0.29, 0.717) is 17.9 Å². The quantitative estimate of drug-likeness (QED) is 0.168. The molecule has 0 spiro atoms. The normalized spacial score (nSPS) is 14.7. The largest absolute Gasteiger partial charge is 0.350 e. The average molecular weight is 617 g/mol. The second-order valence-corrected chi connectivity index (χ2v) is 13.6. The average Bonchev–Trinajstić information content (AvgIpc) is 3.59. The minimum Gasteiger partial charge on any atom is -0.350 e. The maximum absolute atomic E-state index is 14.2. The van der Waals surface area contributed by atoms with E-state index in [1.165, 1.54) is 0 Å². The molecule has 3 aromatic carbocycles. The number of piperidine rings is 1. The van der Waals surface area contributed by atoms with Crippen molar-refractivity contribution in [3.05, 3.63) is 107 Å². The standard InChI is InChI=1S/C38H44N6O2/c1-25-13-15-30(16-14-25)44-35(23-34(42-44)38(2,3)4)41-37(46)40-29-10-8-9-27(21-29)36(26-17-19-39-20-18-26)33(45)22-28-24-43(5)32-12-7-6-11-31(28)32/h6-16,21,23-24,26,36,39H,17-20,22H2,1-5H3,(H2,40,41,46). The smallest absolute Gasteiger partial charge is 0.324 e. The summed E-state index contributed by atoms with van der Waals surface area (Å²) < 4.78 is 3.87. The summed E-state index contributed by atoms with van der Waals surface area (Å²) in [4.78, 5) is 27.6. The number of nitrogens with one attached hydrogen (secondary N) is 3. The number of carbonyl (C=O) groups is 2. The van der Waals surface area contributed by atoms with Gasteiger partial charge in [-0.25, -0.2) is 9.48 Å². The lowest BCUT2D eigenvalue weighted by molar-refractivity contribution is -0.121. The van der Waals surface area contributed by atoms with E-state index in [1.807, 2.05) is 80.7 Å². The van der Waals surface area contributed by atoms with Crippen molar-refractivity contribution in [3.63, 3.8) is 0 Å². The molecule has 6 rings (SSSR count). The molecule has 0 saturated carbocycles. The molecule has 5 aromatic rings. The number of amides is 2. The van der Waals surface area contributed by atoms with Gasteiger partial charge in [-0.15, -0.1) is 0 Å². The number of aromatic nitrogens is 3. The van der Waals surface area contributed by atoms with Crippen LogP contribution in [0, 0.1) is 12.8 Å². The highest BCUT2D eigenvalue weighted by Gasteiger charge is 2.31. The van der Waals surface area contributed by atoms with Crippen LogP contribution in [0.4, 0.5) is 16.3 Å². The Hall–Kier alpha value is -4.69. The molecule has 1 aliphatic heterocycles. The third-order valence-corrected chi connectivity index (χ3v) is 9.05. The summed E-state index contributed by atoms with van der Waals surface area (Å²) in [6.07, 6.45) is 4.32. The number of benzene rings is 3. The predicted molar refractivity (Wildman–Crippen MR) is 186 cm³/mol. The molecule has 46 heavy (non-hydrogen) atoms. The van der Waals surface area contributed by atoms with Crippen molar-refractivity contribution in [1.82, 2.24) is 19.7 Å². The number of para-hydroxylation sites is 1. The van der Waals surface area contributed by atoms with Crippen molar-refractivity contribution in [2.24, 2.45) is 13.0 Å². The summed E-state index contributed by atoms with van der Waals surface area (Å²) in [7, 11) is 2.03. The van der Waals surface area contributed by atoms with Crippen LogP contribution in [0.2, 0.25) is 0 Å². The predicted octanol–water partition coefficient (Wildman–Crippen LogP) is 7.51. The highest BCUT2D eigenvalue weighted by Crippen LogP contribution is 2.35. The molecule has 0 bridgehead atoms. The Kier molecular flexibility index (Phi) is 8.82. The Labute approximate surface area is 271 Å². The van der Waals surface area contributed by atoms with Crippen molar-refractivity contribution in [2.75, 3.05) is 23.7 Å². The molecule has 3 N–H and O–H groups in total. The zero-order chi connectivity index (χ0) is 32.4. The van der Waals surface area contributed by atoms with E-state index in [1.54, 1.807) is 4.68 Å². The molecule has 1 saturated heterocycles. The molecule has 2 aromatic heterocycles. The first-order valence-corrected chi connectivity index (χ1v) is 16.2. The van der Waals surface area contributed by atoms with E-state index in [9.17, 15) is 9.59 Å². The van der Waals surface area contributed by atoms with Crippen LogP contribution in [-0.2, 0) is 23.7 Å². The summed E-state index contributed by atoms with van der Waals surface area (Å²) in [6, 6.07) is 25.6. The van der Waals surface area contributed by atoms with Gasteiger partial charge < -0.3 is 15.2 Å². The third-order valence-electron chi connectivity index (χ3n) is 9.05. The lowest BCUT2D eigenvalue weighted by Gasteiger charge is -2.30. The van der Waals surface area contributed by atoms with Crippen LogP contribution in [0.5, 0.6) is 0 Å². The van der Waals surface area contributed by atoms with Gasteiger partial charge in [0, 0.05) is 53.7 Å². The summed E-state index contributed by atoms with van der Waals surface area (Å²) in [5.74, 6) is 0.762. The lowest BCUT2D eigenvalue weighted by atomic mass is 9.76. The van der Waals surface area contributed by atoms with E-state index in [-0.39, 0.29) is 29.1 Å². The molecule has 0 radical (unpaired) electrons. The Morgan fingerprint density at radius 3 is 2.43 bits per heavy atom. The molecule has 2 amide bonds. The van der Waals surface area contributed by atoms with Crippen molar-refractivity contribution in [1.29, 1.82) is 0 Å². The van der Waals surface area contributed by atoms with Gasteiger partial charge >= 0.3 is 6.03 Å². The Bertz CT molecular complexity index is 1850. The van der Waals surface area contributed by atoms with E-state index in [4.69, 9.17) is 5.10 Å². The first kappa shape index (κ1) is 31.3. The zero-order valence-electron chi connectivity index (χ0n) is 27.4. The first-order chi connectivity index (χ1) is 22.1. The van der Waals surface area contributed by atoms with Gasteiger partial charge in [0.25, 0.3) is 0 Å². The molecule has 1 fully saturated rings. The summed E-state index contributed by atoms with van der Waals surface area (Å²) in [6.45, 7) is 10.1. The number of fused-ring (bicyclic) bond motifs is 1. The molecule has 238 valence electrons. The van der Waals surface area contributed by atoms with Crippen LogP contribution in [0.25, 0.3) is 16.6 Å². The molecule has 1 unspecified atom stereocenters. The van der Waals surface area contributed by atoms with Crippen molar-refractivity contribution >= 4 is 34.2 Å². The van der Waals surface area contributed by atoms with E-state index in [2.05, 4.69) is 59.6 Å². The topological polar surface area (TPSA) is 93.0 Å². The summed E-state index contributed by atoms with van der Waals surface area (Å²) >= 11 is 0. The van der Waals surface area contributed by atoms with Crippen molar-refractivity contribution < 1.29 is 9.59 Å². The van der Waals surface area contributed by atoms with Crippen LogP contribution in [0.3, 0.4) is 0 Å². The lowest BCUT2D eigenvalue weighted by Crippen LogP contribution is -2.34. The monoisotopic (exact) mass is 616 g/mol. The molecule has 0 aliphatic carbocycles. The highest BCUT2D eigenvalue weighted by atomic mass is 16.2. The van der Waals surface area contributed by atoms with Gasteiger partial charge in [0.2, 0.25) is 0 Å². The Morgan fingerprint density at radius 1 is 0.957 bits per heavy atom. The molecular weight excluding hydrogens is 572 g/mol. The number of nitrogens with zero attached hydrogens (tertiary/aromatic N) is 3. The number of anilines is 2. The van der Waals surface area contributed by atoms with Crippen LogP contribution in [-0.4, -0.2) is 39.3 Å². The minimum absolute atomic E-state index is 0.195. The number of carbonyl (C=O) groups excluding carboxylic acids is 2. The van der Waals surface area contributed by atoms with Crippen molar-refractivity contribution in [3.8, 4) is 5.69 Å². The molecule has 3 heterocycles. The number of Topliss-reactive ketones (excluding diaryl/α,β-unsaturated/α-hetero) is 1. The van der Waals surface area contributed by atoms with Crippen LogP contribution >= 0.6 is 0 Å². The number of aryl methyl sites for hydroxylation is 2. The second-order valence-electron chi connectivity index (χ2n) is 13.6. The van der Waals surface area contributed by atoms with E-state index >= 15 is 0 Å². The highest BCUT2D eigenvalue weighted by molar-refractivity contribution is 6.00. The van der Waals surface area contributed by atoms with Gasteiger partial charge in [-0.05, 0) is 80.2 Å². The van der Waals surface area contributed by atoms with Crippen LogP contribution < -0.4 is 16.0 Å². The summed E-state index contributed by atoms with van der Waals surface area (Å²) in [5, 5.41) is 15.4. The number of ketones is 1. The van der Waals surface area contributed by atoms with Gasteiger partial charge in [-0.2, -0.15) is 5.10 Å². The maximum atomic E-state index is 14.2. The van der Waals surface area contributed by atoms with E-state index in [0.717, 1.165) is 64.9 Å². The molecule has 8 nitrogen and oxygen atoms in total. The van der Waals surface area contributed by atoms with Gasteiger partial charge in [0.1, 0.15) is 11.6 Å². The fraction of sp³-hybridized carbons (Fsp3) is 0.342. The molecule has 1 atom stereocenters. The number of hydrogen-bond donors (Lipinski definition) is 3. The van der Waals surface area contributed by atoms with Crippen LogP contribution in [0.1, 0.15) is 61.9 Å². The fourth-order valence-corrected chi connectivity index (χ4v) is 6.57. The molecular formula is C38H44N6O2. The number of rotatable bonds is 8.